The quantitative estimate of drug-likeness (QED) is 0.557. The molecule has 1 N–H and O–H groups in total. The summed E-state index contributed by atoms with van der Waals surface area (Å²) >= 11 is 0. The Bertz CT molecular complexity index is 1010. The average molecular weight is 449 g/mol. The highest BCUT2D eigenvalue weighted by molar-refractivity contribution is 5.93. The molecule has 0 aromatic heterocycles. The Morgan fingerprint density at radius 3 is 2.41 bits per heavy atom. The highest BCUT2D eigenvalue weighted by Gasteiger charge is 2.34. The van der Waals surface area contributed by atoms with Gasteiger partial charge in [0.2, 0.25) is 5.79 Å². The van der Waals surface area contributed by atoms with Crippen molar-refractivity contribution in [2.45, 2.75) is 46.4 Å². The summed E-state index contributed by atoms with van der Waals surface area (Å²) in [5.41, 5.74) is 0.333. The molecular formula is C23H25F2NO6. The maximum absolute atomic E-state index is 14.7. The summed E-state index contributed by atoms with van der Waals surface area (Å²) < 4.78 is 45.4. The maximum Gasteiger partial charge on any atom is 0.407 e. The van der Waals surface area contributed by atoms with Gasteiger partial charge in [-0.2, -0.15) is 0 Å². The lowest BCUT2D eigenvalue weighted by atomic mass is 10.1. The Kier molecular flexibility index (Phi) is 6.57. The van der Waals surface area contributed by atoms with Crippen LogP contribution in [0.25, 0.3) is 0 Å². The molecule has 0 radical (unpaired) electrons. The minimum Gasteiger partial charge on any atom is -0.465 e. The van der Waals surface area contributed by atoms with Gasteiger partial charge in [0.25, 0.3) is 0 Å². The molecule has 1 amide bonds. The number of rotatable bonds is 7. The fourth-order valence-corrected chi connectivity index (χ4v) is 3.18. The molecule has 2 aromatic carbocycles. The summed E-state index contributed by atoms with van der Waals surface area (Å²) in [5, 5.41) is 9.36. The molecule has 1 aliphatic rings. The number of hydrogen-bond acceptors (Lipinski definition) is 5. The second-order valence-corrected chi connectivity index (χ2v) is 8.43. The van der Waals surface area contributed by atoms with Crippen LogP contribution in [0.15, 0.2) is 30.3 Å². The van der Waals surface area contributed by atoms with Crippen LogP contribution < -0.4 is 9.47 Å². The fraction of sp³-hybridized carbons (Fsp3) is 0.391. The molecule has 0 atom stereocenters. The smallest absolute Gasteiger partial charge is 0.407 e. The predicted octanol–water partition coefficient (Wildman–Crippen LogP) is 5.57. The molecule has 0 saturated carbocycles. The minimum atomic E-state index is -1.19. The zero-order valence-corrected chi connectivity index (χ0v) is 18.3. The first-order valence-electron chi connectivity index (χ1n) is 10.1. The van der Waals surface area contributed by atoms with Crippen molar-refractivity contribution in [2.75, 3.05) is 6.54 Å². The lowest BCUT2D eigenvalue weighted by molar-refractivity contribution is -0.127. The second kappa shape index (κ2) is 9.02. The number of amides is 1. The van der Waals surface area contributed by atoms with Crippen molar-refractivity contribution in [3.05, 3.63) is 53.1 Å². The zero-order chi connectivity index (χ0) is 23.6. The molecular weight excluding hydrogens is 424 g/mol. The molecule has 0 fully saturated rings. The topological polar surface area (TPSA) is 85.3 Å². The fourth-order valence-electron chi connectivity index (χ4n) is 3.18. The lowest BCUT2D eigenvalue weighted by Gasteiger charge is -2.31. The van der Waals surface area contributed by atoms with Crippen LogP contribution in [0.1, 0.15) is 50.0 Å². The van der Waals surface area contributed by atoms with Gasteiger partial charge in [-0.3, -0.25) is 0 Å². The number of carbonyl (C=O) groups excluding carboxylic acids is 1. The first-order valence-corrected chi connectivity index (χ1v) is 10.1. The molecule has 0 saturated heterocycles. The summed E-state index contributed by atoms with van der Waals surface area (Å²) in [6.07, 6.45) is -0.536. The van der Waals surface area contributed by atoms with E-state index in [1.54, 1.807) is 13.8 Å². The lowest BCUT2D eigenvalue weighted by Crippen LogP contribution is -2.38. The average Bonchev–Trinajstić information content (AvgIpc) is 2.66. The summed E-state index contributed by atoms with van der Waals surface area (Å²) in [7, 11) is 0. The van der Waals surface area contributed by atoms with Crippen molar-refractivity contribution in [1.29, 1.82) is 0 Å². The number of halogens is 2. The van der Waals surface area contributed by atoms with E-state index < -0.39 is 35.2 Å². The minimum absolute atomic E-state index is 0.0592. The van der Waals surface area contributed by atoms with Gasteiger partial charge in [-0.05, 0) is 42.2 Å². The van der Waals surface area contributed by atoms with Gasteiger partial charge in [0.15, 0.2) is 17.4 Å². The third-order valence-electron chi connectivity index (χ3n) is 4.77. The van der Waals surface area contributed by atoms with Crippen LogP contribution in [0.3, 0.4) is 0 Å². The van der Waals surface area contributed by atoms with Crippen LogP contribution in [0.5, 0.6) is 17.2 Å². The third kappa shape index (κ3) is 5.46. The summed E-state index contributed by atoms with van der Waals surface area (Å²) in [6.45, 7) is 7.13. The van der Waals surface area contributed by atoms with Gasteiger partial charge < -0.3 is 24.2 Å². The highest BCUT2D eigenvalue weighted by atomic mass is 19.1. The first-order chi connectivity index (χ1) is 14.9. The molecule has 7 nitrogen and oxygen atoms in total. The molecule has 0 bridgehead atoms. The number of hydrogen-bond donors (Lipinski definition) is 1. The van der Waals surface area contributed by atoms with E-state index >= 15 is 0 Å². The number of nitrogens with zero attached hydrogens (tertiary/aromatic N) is 1. The van der Waals surface area contributed by atoms with Crippen molar-refractivity contribution in [3.63, 3.8) is 0 Å². The van der Waals surface area contributed by atoms with E-state index in [2.05, 4.69) is 0 Å². The normalized spacial score (nSPS) is 14.4. The van der Waals surface area contributed by atoms with Crippen molar-refractivity contribution >= 4 is 12.1 Å². The summed E-state index contributed by atoms with van der Waals surface area (Å²) in [4.78, 5) is 24.6. The van der Waals surface area contributed by atoms with Crippen LogP contribution in [-0.2, 0) is 11.3 Å². The Morgan fingerprint density at radius 2 is 1.81 bits per heavy atom. The predicted molar refractivity (Wildman–Crippen MR) is 111 cm³/mol. The van der Waals surface area contributed by atoms with Crippen LogP contribution in [0.4, 0.5) is 13.6 Å². The van der Waals surface area contributed by atoms with Gasteiger partial charge in [0.1, 0.15) is 17.1 Å². The van der Waals surface area contributed by atoms with E-state index in [9.17, 15) is 23.5 Å². The molecule has 1 heterocycles. The maximum atomic E-state index is 14.7. The molecule has 0 spiro atoms. The van der Waals surface area contributed by atoms with Crippen LogP contribution in [-0.4, -0.2) is 34.4 Å². The molecule has 0 unspecified atom stereocenters. The number of benzene rings is 2. The molecule has 3 rings (SSSR count). The standard InChI is InChI=1S/C23H25F2NO6/c1-13(2)7-8-26(22(28)29)12-14-9-17(24)20(18(25)10-14)30-15-5-6-16-19(11-15)31-23(3,4)32-21(16)27/h5-6,9-11,13H,7-8,12H2,1-4H3,(H,28,29). The van der Waals surface area contributed by atoms with Gasteiger partial charge in [-0.25, -0.2) is 18.4 Å². The van der Waals surface area contributed by atoms with E-state index in [4.69, 9.17) is 14.2 Å². The van der Waals surface area contributed by atoms with Gasteiger partial charge in [-0.1, -0.05) is 13.8 Å². The molecule has 9 heteroatoms. The van der Waals surface area contributed by atoms with E-state index in [0.717, 1.165) is 17.0 Å². The summed E-state index contributed by atoms with van der Waals surface area (Å²) in [6, 6.07) is 6.18. The third-order valence-corrected chi connectivity index (χ3v) is 4.77. The number of fused-ring (bicyclic) bond motifs is 1. The SMILES string of the molecule is CC(C)CCN(Cc1cc(F)c(Oc2ccc3c(c2)OC(C)(C)OC3=O)c(F)c1)C(=O)O. The van der Waals surface area contributed by atoms with Gasteiger partial charge in [0, 0.05) is 33.0 Å². The van der Waals surface area contributed by atoms with E-state index in [0.29, 0.717) is 6.42 Å². The number of carbonyl (C=O) groups is 2. The van der Waals surface area contributed by atoms with Crippen molar-refractivity contribution in [3.8, 4) is 17.2 Å². The molecule has 32 heavy (non-hydrogen) atoms. The number of ether oxygens (including phenoxy) is 3. The molecule has 2 aromatic rings. The van der Waals surface area contributed by atoms with Crippen molar-refractivity contribution in [2.24, 2.45) is 5.92 Å². The largest absolute Gasteiger partial charge is 0.465 e. The molecule has 0 aliphatic carbocycles. The Hall–Kier alpha value is -3.36. The van der Waals surface area contributed by atoms with Crippen LogP contribution >= 0.6 is 0 Å². The van der Waals surface area contributed by atoms with E-state index in [1.165, 1.54) is 18.2 Å². The second-order valence-electron chi connectivity index (χ2n) is 8.43. The van der Waals surface area contributed by atoms with Crippen LogP contribution in [0, 0.1) is 17.6 Å². The number of carboxylic acid groups (broad SMARTS) is 1. The Morgan fingerprint density at radius 1 is 1.16 bits per heavy atom. The van der Waals surface area contributed by atoms with E-state index in [1.807, 2.05) is 13.8 Å². The van der Waals surface area contributed by atoms with E-state index in [-0.39, 0.29) is 41.6 Å². The molecule has 1 aliphatic heterocycles. The van der Waals surface area contributed by atoms with Crippen molar-refractivity contribution < 1.29 is 37.7 Å². The molecule has 172 valence electrons. The Balaban J connectivity index is 1.80. The number of cyclic esters (lactones) is 1. The Labute approximate surface area is 184 Å². The summed E-state index contributed by atoms with van der Waals surface area (Å²) in [5.74, 6) is -3.85. The number of esters is 1. The van der Waals surface area contributed by atoms with Gasteiger partial charge in [-0.15, -0.1) is 0 Å². The van der Waals surface area contributed by atoms with Crippen molar-refractivity contribution in [1.82, 2.24) is 4.90 Å². The highest BCUT2D eigenvalue weighted by Crippen LogP contribution is 2.36. The van der Waals surface area contributed by atoms with Crippen LogP contribution in [0.2, 0.25) is 0 Å². The van der Waals surface area contributed by atoms with Gasteiger partial charge in [0.05, 0.1) is 0 Å². The first kappa shape index (κ1) is 23.3. The zero-order valence-electron chi connectivity index (χ0n) is 18.3. The monoisotopic (exact) mass is 449 g/mol. The van der Waals surface area contributed by atoms with Gasteiger partial charge >= 0.3 is 12.1 Å².